The summed E-state index contributed by atoms with van der Waals surface area (Å²) in [5.41, 5.74) is 0. The van der Waals surface area contributed by atoms with Crippen LogP contribution >= 0.6 is 141 Å². The summed E-state index contributed by atoms with van der Waals surface area (Å²) in [5.74, 6) is 4.91. The zero-order valence-electron chi connectivity index (χ0n) is 23.5. The van der Waals surface area contributed by atoms with Crippen LogP contribution in [-0.4, -0.2) is 23.0 Å². The summed E-state index contributed by atoms with van der Waals surface area (Å²) in [6.07, 6.45) is 10.2. The molecule has 0 fully saturated rings. The first-order valence-electron chi connectivity index (χ1n) is 14.0. The van der Waals surface area contributed by atoms with Gasteiger partial charge in [-0.1, -0.05) is 147 Å². The van der Waals surface area contributed by atoms with Crippen molar-refractivity contribution in [2.24, 2.45) is 0 Å². The summed E-state index contributed by atoms with van der Waals surface area (Å²) in [7, 11) is 0. The second-order valence-corrected chi connectivity index (χ2v) is 23.4. The smallest absolute Gasteiger partial charge is 0.0712 e. The molecule has 0 N–H and O–H groups in total. The number of unbranched alkanes of at least 4 members (excludes halogenated alkanes) is 4. The molecule has 0 aliphatic carbocycles. The van der Waals surface area contributed by atoms with E-state index in [0.29, 0.717) is 0 Å². The largest absolute Gasteiger partial charge is 0.118 e. The molecule has 4 heterocycles. The van der Waals surface area contributed by atoms with Gasteiger partial charge in [-0.15, -0.1) is 47.0 Å². The van der Waals surface area contributed by atoms with Crippen LogP contribution in [0.2, 0.25) is 0 Å². The SMILES string of the molecule is CCCCSC1=CS/C(=C2/SC(SCCCC)=C(C3=C(SCCCC)S/C(=C4\SC=C(SCCCC)S4)S3)S2)S1. The lowest BCUT2D eigenvalue weighted by Crippen LogP contribution is -1.84. The van der Waals surface area contributed by atoms with Gasteiger partial charge in [0.25, 0.3) is 0 Å². The Morgan fingerprint density at radius 3 is 1.20 bits per heavy atom. The van der Waals surface area contributed by atoms with Crippen molar-refractivity contribution in [2.45, 2.75) is 79.1 Å². The van der Waals surface area contributed by atoms with Gasteiger partial charge in [0.05, 0.1) is 33.9 Å². The van der Waals surface area contributed by atoms with Crippen LogP contribution < -0.4 is 0 Å². The Hall–Kier alpha value is 2.64. The minimum Gasteiger partial charge on any atom is -0.118 e. The Bertz CT molecular complexity index is 981. The molecule has 0 saturated heterocycles. The molecule has 0 aromatic heterocycles. The van der Waals surface area contributed by atoms with Crippen LogP contribution in [0.1, 0.15) is 79.1 Å². The molecule has 4 aliphatic heterocycles. The van der Waals surface area contributed by atoms with E-state index in [0.717, 1.165) is 0 Å². The summed E-state index contributed by atoms with van der Waals surface area (Å²) >= 11 is 24.4. The molecule has 0 saturated carbocycles. The van der Waals surface area contributed by atoms with Gasteiger partial charge in [0.15, 0.2) is 0 Å². The van der Waals surface area contributed by atoms with Gasteiger partial charge in [0.2, 0.25) is 0 Å². The zero-order chi connectivity index (χ0) is 28.2. The van der Waals surface area contributed by atoms with Gasteiger partial charge in [-0.25, -0.2) is 0 Å². The van der Waals surface area contributed by atoms with E-state index in [1.165, 1.54) is 118 Å². The lowest BCUT2D eigenvalue weighted by molar-refractivity contribution is 0.897. The van der Waals surface area contributed by atoms with E-state index < -0.39 is 0 Å². The lowest BCUT2D eigenvalue weighted by atomic mass is 10.4. The van der Waals surface area contributed by atoms with Crippen molar-refractivity contribution in [1.82, 2.24) is 0 Å². The zero-order valence-corrected chi connectivity index (χ0v) is 33.3. The van der Waals surface area contributed by atoms with Crippen LogP contribution in [0.3, 0.4) is 0 Å². The van der Waals surface area contributed by atoms with Crippen molar-refractivity contribution in [3.63, 3.8) is 0 Å². The van der Waals surface area contributed by atoms with Gasteiger partial charge in [0, 0.05) is 9.81 Å². The topological polar surface area (TPSA) is 0 Å². The van der Waals surface area contributed by atoms with Crippen LogP contribution in [0, 0.1) is 0 Å². The quantitative estimate of drug-likeness (QED) is 0.130. The van der Waals surface area contributed by atoms with E-state index in [2.05, 4.69) is 109 Å². The third-order valence-corrected chi connectivity index (χ3v) is 22.5. The van der Waals surface area contributed by atoms with Gasteiger partial charge in [0.1, 0.15) is 0 Å². The van der Waals surface area contributed by atoms with E-state index >= 15 is 0 Å². The molecule has 0 radical (unpaired) electrons. The fourth-order valence-electron chi connectivity index (χ4n) is 3.25. The second-order valence-electron chi connectivity index (χ2n) is 8.91. The maximum absolute atomic E-state index is 2.39. The molecule has 0 atom stereocenters. The molecular formula is C28H38S12. The van der Waals surface area contributed by atoms with Crippen molar-refractivity contribution in [1.29, 1.82) is 0 Å². The monoisotopic (exact) mass is 758 g/mol. The van der Waals surface area contributed by atoms with Gasteiger partial charge in [-0.3, -0.25) is 0 Å². The molecule has 0 nitrogen and oxygen atoms in total. The Morgan fingerprint density at radius 2 is 0.825 bits per heavy atom. The highest BCUT2D eigenvalue weighted by Crippen LogP contribution is 2.69. The first-order chi connectivity index (χ1) is 19.7. The molecule has 12 heteroatoms. The molecule has 0 aromatic carbocycles. The summed E-state index contributed by atoms with van der Waals surface area (Å²) in [6.45, 7) is 9.18. The Morgan fingerprint density at radius 1 is 0.450 bits per heavy atom. The highest BCUT2D eigenvalue weighted by atomic mass is 32.3. The lowest BCUT2D eigenvalue weighted by Gasteiger charge is -2.08. The fraction of sp³-hybridized carbons (Fsp3) is 0.571. The molecule has 0 spiro atoms. The molecule has 4 aliphatic rings. The normalized spacial score (nSPS) is 23.3. The summed E-state index contributed by atoms with van der Waals surface area (Å²) < 4.78 is 12.0. The van der Waals surface area contributed by atoms with Crippen LogP contribution in [0.5, 0.6) is 0 Å². The first-order valence-corrected chi connectivity index (χ1v) is 24.6. The summed E-state index contributed by atoms with van der Waals surface area (Å²) in [6, 6.07) is 0. The van der Waals surface area contributed by atoms with E-state index in [1.807, 2.05) is 70.6 Å². The average Bonchev–Trinajstić information content (AvgIpc) is 3.75. The fourth-order valence-corrected chi connectivity index (χ4v) is 20.7. The minimum absolute atomic E-state index is 1.22. The highest BCUT2D eigenvalue weighted by molar-refractivity contribution is 8.42. The summed E-state index contributed by atoms with van der Waals surface area (Å²) in [4.78, 5) is 3.07. The maximum atomic E-state index is 2.39. The van der Waals surface area contributed by atoms with Crippen molar-refractivity contribution < 1.29 is 0 Å². The molecule has 222 valence electrons. The molecule has 0 amide bonds. The van der Waals surface area contributed by atoms with E-state index in [9.17, 15) is 0 Å². The van der Waals surface area contributed by atoms with Gasteiger partial charge < -0.3 is 0 Å². The maximum Gasteiger partial charge on any atom is 0.0712 e. The van der Waals surface area contributed by atoms with E-state index in [4.69, 9.17) is 0 Å². The van der Waals surface area contributed by atoms with Gasteiger partial charge in [-0.05, 0) is 59.5 Å². The number of rotatable bonds is 17. The third kappa shape index (κ3) is 10.9. The van der Waals surface area contributed by atoms with Gasteiger partial charge >= 0.3 is 0 Å². The third-order valence-electron chi connectivity index (χ3n) is 5.53. The van der Waals surface area contributed by atoms with Crippen molar-refractivity contribution >= 4 is 141 Å². The molecule has 40 heavy (non-hydrogen) atoms. The van der Waals surface area contributed by atoms with Crippen molar-refractivity contribution in [2.75, 3.05) is 23.0 Å². The first kappa shape index (κ1) is 35.5. The number of hydrogen-bond acceptors (Lipinski definition) is 12. The Balaban J connectivity index is 1.52. The van der Waals surface area contributed by atoms with Crippen LogP contribution in [0.25, 0.3) is 0 Å². The number of hydrogen-bond donors (Lipinski definition) is 0. The van der Waals surface area contributed by atoms with Crippen molar-refractivity contribution in [3.05, 3.63) is 54.5 Å². The molecule has 0 bridgehead atoms. The summed E-state index contributed by atoms with van der Waals surface area (Å²) in [5, 5.41) is 4.78. The Labute approximate surface area is 294 Å². The highest BCUT2D eigenvalue weighted by Gasteiger charge is 2.35. The van der Waals surface area contributed by atoms with Gasteiger partial charge in [-0.2, -0.15) is 0 Å². The van der Waals surface area contributed by atoms with Crippen LogP contribution in [0.4, 0.5) is 0 Å². The van der Waals surface area contributed by atoms with Crippen LogP contribution in [-0.2, 0) is 0 Å². The average molecular weight is 759 g/mol. The van der Waals surface area contributed by atoms with E-state index in [-0.39, 0.29) is 0 Å². The predicted molar refractivity (Wildman–Crippen MR) is 214 cm³/mol. The molecule has 4 rings (SSSR count). The second kappa shape index (κ2) is 20.0. The van der Waals surface area contributed by atoms with Crippen molar-refractivity contribution in [3.8, 4) is 0 Å². The van der Waals surface area contributed by atoms with Crippen LogP contribution in [0.15, 0.2) is 54.5 Å². The Kier molecular flexibility index (Phi) is 17.7. The number of thioether (sulfide) groups is 12. The van der Waals surface area contributed by atoms with E-state index in [1.54, 1.807) is 0 Å². The minimum atomic E-state index is 1.22. The predicted octanol–water partition coefficient (Wildman–Crippen LogP) is 15.2. The molecule has 0 unspecified atom stereocenters. The molecular weight excluding hydrogens is 721 g/mol. The molecule has 0 aromatic rings. The standard InChI is InChI=1S/C28H38S12/c1-5-9-13-29-19-17-33-25(35-19)27-37-21(23(39-27)31-15-11-7-3)22-24(32-16-12-8-4)40-28(38-22)26-34-18-20(36-26)30-14-10-6-2/h17-18H,5-16H2,1-4H3/b27-25-,28-26+.